The quantitative estimate of drug-likeness (QED) is 0.606. The van der Waals surface area contributed by atoms with Gasteiger partial charge in [-0.05, 0) is 31.2 Å². The monoisotopic (exact) mass is 406 g/mol. The molecule has 3 rings (SSSR count). The molecule has 1 aromatic heterocycles. The Morgan fingerprint density at radius 1 is 1.14 bits per heavy atom. The second-order valence-corrected chi connectivity index (χ2v) is 6.90. The van der Waals surface area contributed by atoms with Crippen molar-refractivity contribution in [2.24, 2.45) is 0 Å². The Labute approximate surface area is 163 Å². The molecule has 6 nitrogen and oxygen atoms in total. The number of hydrogen-bond acceptors (Lipinski definition) is 6. The van der Waals surface area contributed by atoms with Crippen molar-refractivity contribution in [3.05, 3.63) is 59.1 Å². The Bertz CT molecular complexity index is 955. The molecule has 146 valence electrons. The normalized spacial score (nSPS) is 12.0. The van der Waals surface area contributed by atoms with Gasteiger partial charge in [0.1, 0.15) is 28.9 Å². The predicted octanol–water partition coefficient (Wildman–Crippen LogP) is 3.66. The second-order valence-electron chi connectivity index (χ2n) is 5.79. The zero-order valence-electron chi connectivity index (χ0n) is 14.8. The molecule has 0 saturated heterocycles. The van der Waals surface area contributed by atoms with Gasteiger partial charge >= 0.3 is 5.97 Å². The van der Waals surface area contributed by atoms with E-state index in [0.29, 0.717) is 5.01 Å². The van der Waals surface area contributed by atoms with E-state index < -0.39 is 35.3 Å². The third kappa shape index (κ3) is 4.87. The van der Waals surface area contributed by atoms with Crippen LogP contribution in [0.5, 0.6) is 0 Å². The molecule has 0 aliphatic rings. The average molecular weight is 406 g/mol. The van der Waals surface area contributed by atoms with Crippen LogP contribution in [0.3, 0.4) is 0 Å². The number of anilines is 1. The third-order valence-corrected chi connectivity index (χ3v) is 4.68. The molecule has 3 aromatic rings. The number of nitrogens with zero attached hydrogens (tertiary/aromatic N) is 1. The lowest BCUT2D eigenvalue weighted by Crippen LogP contribution is -2.31. The molecule has 0 spiro atoms. The Kier molecular flexibility index (Phi) is 6.27. The Balaban J connectivity index is 1.46. The fourth-order valence-corrected chi connectivity index (χ4v) is 3.24. The van der Waals surface area contributed by atoms with Crippen molar-refractivity contribution < 1.29 is 27.8 Å². The molecule has 0 radical (unpaired) electrons. The van der Waals surface area contributed by atoms with E-state index in [0.717, 1.165) is 22.3 Å². The first-order chi connectivity index (χ1) is 13.4. The fourth-order valence-electron chi connectivity index (χ4n) is 2.33. The number of esters is 1. The van der Waals surface area contributed by atoms with Gasteiger partial charge in [-0.15, -0.1) is 11.3 Å². The van der Waals surface area contributed by atoms with E-state index in [1.54, 1.807) is 0 Å². The van der Waals surface area contributed by atoms with Gasteiger partial charge in [0.25, 0.3) is 5.91 Å². The van der Waals surface area contributed by atoms with Gasteiger partial charge < -0.3 is 14.8 Å². The van der Waals surface area contributed by atoms with Crippen LogP contribution in [0.4, 0.5) is 14.5 Å². The number of halogens is 2. The van der Waals surface area contributed by atoms with Crippen LogP contribution >= 0.6 is 11.3 Å². The number of carbonyl (C=O) groups excluding carboxylic acids is 2. The molecule has 1 amide bonds. The van der Waals surface area contributed by atoms with E-state index in [1.807, 2.05) is 24.3 Å². The van der Waals surface area contributed by atoms with Crippen LogP contribution in [0.1, 0.15) is 11.9 Å². The highest BCUT2D eigenvalue weighted by Crippen LogP contribution is 2.22. The van der Waals surface area contributed by atoms with Gasteiger partial charge in [-0.1, -0.05) is 18.2 Å². The fraction of sp³-hybridized carbons (Fsp3) is 0.211. The maximum absolute atomic E-state index is 13.6. The molecule has 0 aliphatic heterocycles. The third-order valence-electron chi connectivity index (χ3n) is 3.67. The molecular weight excluding hydrogens is 390 g/mol. The van der Waals surface area contributed by atoms with Gasteiger partial charge in [-0.2, -0.15) is 0 Å². The highest BCUT2D eigenvalue weighted by atomic mass is 32.1. The number of para-hydroxylation sites is 2. The Morgan fingerprint density at radius 2 is 1.86 bits per heavy atom. The lowest BCUT2D eigenvalue weighted by molar-refractivity contribution is -0.157. The molecule has 2 aromatic carbocycles. The van der Waals surface area contributed by atoms with E-state index in [1.165, 1.54) is 24.3 Å². The molecule has 0 fully saturated rings. The molecule has 1 atom stereocenters. The van der Waals surface area contributed by atoms with Crippen LogP contribution in [-0.2, 0) is 25.7 Å². The van der Waals surface area contributed by atoms with Crippen molar-refractivity contribution in [3.8, 4) is 0 Å². The maximum atomic E-state index is 13.6. The summed E-state index contributed by atoms with van der Waals surface area (Å²) in [4.78, 5) is 28.2. The van der Waals surface area contributed by atoms with Crippen molar-refractivity contribution in [2.45, 2.75) is 19.6 Å². The minimum absolute atomic E-state index is 0.120. The zero-order chi connectivity index (χ0) is 20.1. The van der Waals surface area contributed by atoms with Crippen LogP contribution in [-0.4, -0.2) is 29.6 Å². The average Bonchev–Trinajstić information content (AvgIpc) is 3.07. The summed E-state index contributed by atoms with van der Waals surface area (Å²) in [5, 5.41) is 2.77. The number of fused-ring (bicyclic) bond motifs is 1. The predicted molar refractivity (Wildman–Crippen MR) is 99.8 cm³/mol. The summed E-state index contributed by atoms with van der Waals surface area (Å²) in [6, 6.07) is 10.8. The number of rotatable bonds is 7. The van der Waals surface area contributed by atoms with Crippen molar-refractivity contribution in [2.75, 3.05) is 11.9 Å². The molecule has 0 bridgehead atoms. The number of hydrogen-bond donors (Lipinski definition) is 1. The van der Waals surface area contributed by atoms with Gasteiger partial charge in [-0.25, -0.2) is 18.6 Å². The first kappa shape index (κ1) is 19.8. The summed E-state index contributed by atoms with van der Waals surface area (Å²) >= 11 is 1.45. The smallest absolute Gasteiger partial charge is 0.332 e. The zero-order valence-corrected chi connectivity index (χ0v) is 15.6. The highest BCUT2D eigenvalue weighted by molar-refractivity contribution is 7.18. The largest absolute Gasteiger partial charge is 0.451 e. The standard InChI is InChI=1S/C19H16F2N2O4S/c1-11(19(25)23-18-12(20)5-4-6-13(18)21)27-17(24)10-26-9-16-22-14-7-2-3-8-15(14)28-16/h2-8,11H,9-10H2,1H3,(H,23,25)/t11-/m1/s1. The minimum atomic E-state index is -1.25. The van der Waals surface area contributed by atoms with Crippen LogP contribution in [0.2, 0.25) is 0 Å². The lowest BCUT2D eigenvalue weighted by atomic mass is 10.2. The van der Waals surface area contributed by atoms with E-state index in [4.69, 9.17) is 9.47 Å². The lowest BCUT2D eigenvalue weighted by Gasteiger charge is -2.14. The van der Waals surface area contributed by atoms with Crippen molar-refractivity contribution >= 4 is 39.1 Å². The first-order valence-corrected chi connectivity index (χ1v) is 9.12. The van der Waals surface area contributed by atoms with Crippen LogP contribution < -0.4 is 5.32 Å². The van der Waals surface area contributed by atoms with Crippen molar-refractivity contribution in [1.82, 2.24) is 4.98 Å². The molecular formula is C19H16F2N2O4S. The van der Waals surface area contributed by atoms with E-state index >= 15 is 0 Å². The van der Waals surface area contributed by atoms with Gasteiger partial charge in [-0.3, -0.25) is 4.79 Å². The molecule has 0 saturated carbocycles. The maximum Gasteiger partial charge on any atom is 0.332 e. The summed E-state index contributed by atoms with van der Waals surface area (Å²) in [5.74, 6) is -3.49. The van der Waals surface area contributed by atoms with Crippen LogP contribution in [0, 0.1) is 11.6 Å². The minimum Gasteiger partial charge on any atom is -0.451 e. The van der Waals surface area contributed by atoms with Crippen LogP contribution in [0.25, 0.3) is 10.2 Å². The Hall–Kier alpha value is -2.91. The first-order valence-electron chi connectivity index (χ1n) is 8.30. The SMILES string of the molecule is C[C@@H](OC(=O)COCc1nc2ccccc2s1)C(=O)Nc1c(F)cccc1F. The molecule has 1 N–H and O–H groups in total. The van der Waals surface area contributed by atoms with Crippen molar-refractivity contribution in [1.29, 1.82) is 0 Å². The van der Waals surface area contributed by atoms with Gasteiger partial charge in [0, 0.05) is 0 Å². The number of aromatic nitrogens is 1. The molecule has 0 aliphatic carbocycles. The molecule has 1 heterocycles. The number of nitrogens with one attached hydrogen (secondary N) is 1. The van der Waals surface area contributed by atoms with Gasteiger partial charge in [0.2, 0.25) is 0 Å². The number of amides is 1. The van der Waals surface area contributed by atoms with Crippen LogP contribution in [0.15, 0.2) is 42.5 Å². The topological polar surface area (TPSA) is 77.5 Å². The summed E-state index contributed by atoms with van der Waals surface area (Å²) in [6.07, 6.45) is -1.25. The number of carbonyl (C=O) groups is 2. The second kappa shape index (κ2) is 8.85. The summed E-state index contributed by atoms with van der Waals surface area (Å²) < 4.78 is 38.3. The summed E-state index contributed by atoms with van der Waals surface area (Å²) in [5.41, 5.74) is 0.252. The van der Waals surface area contributed by atoms with Gasteiger partial charge in [0.15, 0.2) is 6.10 Å². The van der Waals surface area contributed by atoms with E-state index in [-0.39, 0.29) is 13.2 Å². The number of benzene rings is 2. The summed E-state index contributed by atoms with van der Waals surface area (Å²) in [6.45, 7) is 1.02. The number of ether oxygens (including phenoxy) is 2. The molecule has 0 unspecified atom stereocenters. The molecule has 28 heavy (non-hydrogen) atoms. The van der Waals surface area contributed by atoms with Crippen molar-refractivity contribution in [3.63, 3.8) is 0 Å². The van der Waals surface area contributed by atoms with Gasteiger partial charge in [0.05, 0.1) is 16.8 Å². The highest BCUT2D eigenvalue weighted by Gasteiger charge is 2.21. The Morgan fingerprint density at radius 3 is 2.57 bits per heavy atom. The summed E-state index contributed by atoms with van der Waals surface area (Å²) in [7, 11) is 0. The number of thiazole rings is 1. The molecule has 9 heteroatoms. The van der Waals surface area contributed by atoms with E-state index in [9.17, 15) is 18.4 Å². The van der Waals surface area contributed by atoms with E-state index in [2.05, 4.69) is 10.3 Å².